The molecule has 0 saturated carbocycles. The number of carbonyl (C=O) groups is 2. The summed E-state index contributed by atoms with van der Waals surface area (Å²) in [4.78, 5) is 29.6. The van der Waals surface area contributed by atoms with Crippen molar-refractivity contribution < 1.29 is 9.59 Å². The van der Waals surface area contributed by atoms with E-state index in [1.807, 2.05) is 38.1 Å². The van der Waals surface area contributed by atoms with Crippen molar-refractivity contribution in [2.75, 3.05) is 0 Å². The molecule has 33 heavy (non-hydrogen) atoms. The third-order valence-corrected chi connectivity index (χ3v) is 5.67. The van der Waals surface area contributed by atoms with E-state index in [0.717, 1.165) is 16.8 Å². The molecular formula is C25H22N6O2. The first-order valence-corrected chi connectivity index (χ1v) is 10.3. The van der Waals surface area contributed by atoms with Gasteiger partial charge in [-0.15, -0.1) is 0 Å². The highest BCUT2D eigenvalue weighted by molar-refractivity contribution is 6.15. The highest BCUT2D eigenvalue weighted by Crippen LogP contribution is 2.36. The van der Waals surface area contributed by atoms with Gasteiger partial charge >= 0.3 is 0 Å². The predicted molar refractivity (Wildman–Crippen MR) is 124 cm³/mol. The molecule has 0 saturated heterocycles. The fourth-order valence-electron chi connectivity index (χ4n) is 4.12. The van der Waals surface area contributed by atoms with Gasteiger partial charge in [-0.1, -0.05) is 23.8 Å². The average Bonchev–Trinajstić information content (AvgIpc) is 3.05. The Bertz CT molecular complexity index is 1480. The van der Waals surface area contributed by atoms with Crippen molar-refractivity contribution in [2.24, 2.45) is 11.5 Å². The number of fused-ring (bicyclic) bond motifs is 1. The van der Waals surface area contributed by atoms with Gasteiger partial charge in [-0.25, -0.2) is 4.98 Å². The van der Waals surface area contributed by atoms with Gasteiger partial charge in [0.05, 0.1) is 35.0 Å². The van der Waals surface area contributed by atoms with Crippen LogP contribution in [0, 0.1) is 32.1 Å². The lowest BCUT2D eigenvalue weighted by Gasteiger charge is -2.15. The molecule has 2 aromatic heterocycles. The number of carbonyl (C=O) groups excluding carboxylic acids is 2. The predicted octanol–water partition coefficient (Wildman–Crippen LogP) is 3.14. The van der Waals surface area contributed by atoms with Crippen LogP contribution in [0.4, 0.5) is 0 Å². The van der Waals surface area contributed by atoms with Crippen molar-refractivity contribution in [3.8, 4) is 17.2 Å². The van der Waals surface area contributed by atoms with Crippen LogP contribution in [0.1, 0.15) is 48.9 Å². The molecular weight excluding hydrogens is 416 g/mol. The zero-order valence-corrected chi connectivity index (χ0v) is 18.5. The quantitative estimate of drug-likeness (QED) is 0.492. The molecule has 0 radical (unpaired) electrons. The summed E-state index contributed by atoms with van der Waals surface area (Å²) < 4.78 is 1.78. The smallest absolute Gasteiger partial charge is 0.267 e. The van der Waals surface area contributed by atoms with Crippen LogP contribution in [0.2, 0.25) is 0 Å². The minimum atomic E-state index is -0.756. The molecule has 2 heterocycles. The first-order chi connectivity index (χ1) is 15.7. The van der Waals surface area contributed by atoms with E-state index in [-0.39, 0.29) is 11.3 Å². The number of nitrogens with two attached hydrogens (primary N) is 2. The Morgan fingerprint density at radius 3 is 2.30 bits per heavy atom. The number of primary amides is 2. The minimum absolute atomic E-state index is 0.0238. The van der Waals surface area contributed by atoms with Gasteiger partial charge in [0.25, 0.3) is 5.91 Å². The maximum absolute atomic E-state index is 12.7. The Morgan fingerprint density at radius 2 is 1.70 bits per heavy atom. The zero-order chi connectivity index (χ0) is 23.9. The topological polar surface area (TPSA) is 141 Å². The zero-order valence-electron chi connectivity index (χ0n) is 18.5. The molecule has 164 valence electrons. The number of amides is 2. The number of nitriles is 1. The lowest BCUT2D eigenvalue weighted by molar-refractivity contribution is 0.0996. The molecule has 4 aromatic rings. The van der Waals surface area contributed by atoms with Crippen LogP contribution < -0.4 is 11.5 Å². The average molecular weight is 438 g/mol. The van der Waals surface area contributed by atoms with Gasteiger partial charge < -0.3 is 11.5 Å². The van der Waals surface area contributed by atoms with Crippen LogP contribution in [0.3, 0.4) is 0 Å². The molecule has 0 bridgehead atoms. The Balaban J connectivity index is 1.97. The lowest BCUT2D eigenvalue weighted by Crippen LogP contribution is -2.21. The molecule has 0 atom stereocenters. The number of hydrogen-bond donors (Lipinski definition) is 2. The molecule has 4 N–H and O–H groups in total. The van der Waals surface area contributed by atoms with E-state index in [4.69, 9.17) is 16.7 Å². The van der Waals surface area contributed by atoms with Gasteiger partial charge in [-0.05, 0) is 50.6 Å². The van der Waals surface area contributed by atoms with Crippen molar-refractivity contribution in [3.63, 3.8) is 0 Å². The molecule has 0 aliphatic rings. The Hall–Kier alpha value is -4.51. The fraction of sp³-hybridized carbons (Fsp3) is 0.160. The number of pyridine rings is 1. The first-order valence-electron chi connectivity index (χ1n) is 10.3. The molecule has 0 spiro atoms. The number of aryl methyl sites for hydroxylation is 2. The van der Waals surface area contributed by atoms with E-state index in [1.165, 1.54) is 0 Å². The summed E-state index contributed by atoms with van der Waals surface area (Å²) in [6.45, 7) is 6.00. The van der Waals surface area contributed by atoms with Crippen LogP contribution in [-0.4, -0.2) is 26.6 Å². The molecule has 2 aromatic carbocycles. The monoisotopic (exact) mass is 438 g/mol. The van der Waals surface area contributed by atoms with Crippen molar-refractivity contribution >= 4 is 22.7 Å². The Labute approximate surface area is 190 Å². The third kappa shape index (κ3) is 3.81. The fourth-order valence-corrected chi connectivity index (χ4v) is 4.12. The normalized spacial score (nSPS) is 10.8. The molecule has 8 heteroatoms. The standard InChI is InChI=1S/C25H22N6O2/c1-13-4-9-19-18(10-13)21(24(27)32)22(23(29-19)25(28)33)20-14(2)30-31(15(20)3)12-17-7-5-16(11-26)6-8-17/h4-10H,12H2,1-3H3,(H2,27,32)(H2,28,33). The van der Waals surface area contributed by atoms with Crippen LogP contribution >= 0.6 is 0 Å². The van der Waals surface area contributed by atoms with Gasteiger partial charge in [0, 0.05) is 22.2 Å². The van der Waals surface area contributed by atoms with Crippen molar-refractivity contribution in [1.82, 2.24) is 14.8 Å². The Morgan fingerprint density at radius 1 is 1.00 bits per heavy atom. The second-order valence-corrected chi connectivity index (χ2v) is 7.97. The largest absolute Gasteiger partial charge is 0.366 e. The summed E-state index contributed by atoms with van der Waals surface area (Å²) in [7, 11) is 0. The van der Waals surface area contributed by atoms with E-state index in [9.17, 15) is 9.59 Å². The lowest BCUT2D eigenvalue weighted by atomic mass is 9.92. The number of rotatable bonds is 5. The molecule has 8 nitrogen and oxygen atoms in total. The van der Waals surface area contributed by atoms with E-state index in [1.54, 1.807) is 29.8 Å². The maximum Gasteiger partial charge on any atom is 0.267 e. The summed E-state index contributed by atoms with van der Waals surface area (Å²) in [6, 6.07) is 14.7. The molecule has 0 aliphatic carbocycles. The molecule has 4 rings (SSSR count). The highest BCUT2D eigenvalue weighted by atomic mass is 16.1. The summed E-state index contributed by atoms with van der Waals surface area (Å²) in [5, 5.41) is 14.2. The minimum Gasteiger partial charge on any atom is -0.366 e. The number of benzene rings is 2. The van der Waals surface area contributed by atoms with Crippen LogP contribution in [-0.2, 0) is 6.54 Å². The number of nitrogens with zero attached hydrogens (tertiary/aromatic N) is 4. The molecule has 0 unspecified atom stereocenters. The van der Waals surface area contributed by atoms with Crippen molar-refractivity contribution in [1.29, 1.82) is 5.26 Å². The first kappa shape index (κ1) is 21.7. The summed E-state index contributed by atoms with van der Waals surface area (Å²) in [5.74, 6) is -1.43. The van der Waals surface area contributed by atoms with Crippen LogP contribution in [0.15, 0.2) is 42.5 Å². The molecule has 0 aliphatic heterocycles. The van der Waals surface area contributed by atoms with Crippen LogP contribution in [0.5, 0.6) is 0 Å². The molecule has 2 amide bonds. The van der Waals surface area contributed by atoms with E-state index in [0.29, 0.717) is 39.8 Å². The summed E-state index contributed by atoms with van der Waals surface area (Å²) in [6.07, 6.45) is 0. The number of aromatic nitrogens is 3. The van der Waals surface area contributed by atoms with Gasteiger partial charge in [-0.3, -0.25) is 14.3 Å². The summed E-state index contributed by atoms with van der Waals surface area (Å²) >= 11 is 0. The summed E-state index contributed by atoms with van der Waals surface area (Å²) in [5.41, 5.74) is 16.8. The highest BCUT2D eigenvalue weighted by Gasteiger charge is 2.27. The van der Waals surface area contributed by atoms with Crippen molar-refractivity contribution in [3.05, 3.63) is 81.8 Å². The SMILES string of the molecule is Cc1ccc2nc(C(N)=O)c(-c3c(C)nn(Cc4ccc(C#N)cc4)c3C)c(C(N)=O)c2c1. The third-order valence-electron chi connectivity index (χ3n) is 5.67. The second-order valence-electron chi connectivity index (χ2n) is 7.97. The maximum atomic E-state index is 12.7. The Kier molecular flexibility index (Phi) is 5.40. The van der Waals surface area contributed by atoms with Gasteiger partial charge in [-0.2, -0.15) is 10.4 Å². The van der Waals surface area contributed by atoms with Crippen molar-refractivity contribution in [2.45, 2.75) is 27.3 Å². The van der Waals surface area contributed by atoms with Gasteiger partial charge in [0.1, 0.15) is 5.69 Å². The van der Waals surface area contributed by atoms with Crippen LogP contribution in [0.25, 0.3) is 22.0 Å². The van der Waals surface area contributed by atoms with E-state index >= 15 is 0 Å². The number of hydrogen-bond acceptors (Lipinski definition) is 5. The van der Waals surface area contributed by atoms with E-state index in [2.05, 4.69) is 16.2 Å². The second kappa shape index (κ2) is 8.20. The van der Waals surface area contributed by atoms with Gasteiger partial charge in [0.15, 0.2) is 0 Å². The van der Waals surface area contributed by atoms with Gasteiger partial charge in [0.2, 0.25) is 5.91 Å². The molecule has 0 fully saturated rings. The van der Waals surface area contributed by atoms with E-state index < -0.39 is 11.8 Å².